The number of hydrogen-bond donors (Lipinski definition) is 1. The molecule has 21 heavy (non-hydrogen) atoms. The fourth-order valence-corrected chi connectivity index (χ4v) is 3.11. The van der Waals surface area contributed by atoms with Crippen LogP contribution >= 0.6 is 0 Å². The molecule has 108 valence electrons. The number of pyridine rings is 1. The molecule has 0 fully saturated rings. The van der Waals surface area contributed by atoms with Crippen LogP contribution in [-0.4, -0.2) is 23.0 Å². The third-order valence-corrected chi connectivity index (χ3v) is 4.71. The molecule has 0 spiro atoms. The minimum absolute atomic E-state index is 0.245. The van der Waals surface area contributed by atoms with E-state index in [0.717, 1.165) is 11.1 Å². The summed E-state index contributed by atoms with van der Waals surface area (Å²) in [5.41, 5.74) is 3.11. The first kappa shape index (κ1) is 13.6. The summed E-state index contributed by atoms with van der Waals surface area (Å²) in [6.07, 6.45) is 3.15. The highest BCUT2D eigenvalue weighted by atomic mass is 32.2. The molecular weight excluding hydrogens is 288 g/mol. The molecule has 0 saturated heterocycles. The van der Waals surface area contributed by atoms with Crippen molar-refractivity contribution in [3.8, 4) is 0 Å². The summed E-state index contributed by atoms with van der Waals surface area (Å²) in [5, 5.41) is 7.63. The van der Waals surface area contributed by atoms with E-state index in [1.807, 2.05) is 13.8 Å². The average Bonchev–Trinajstić information content (AvgIpc) is 2.88. The van der Waals surface area contributed by atoms with Crippen molar-refractivity contribution in [1.29, 1.82) is 0 Å². The van der Waals surface area contributed by atoms with Gasteiger partial charge in [-0.15, -0.1) is 10.2 Å². The Morgan fingerprint density at radius 3 is 2.67 bits per heavy atom. The Labute approximate surface area is 122 Å². The molecule has 0 amide bonds. The quantitative estimate of drug-likeness (QED) is 0.804. The summed E-state index contributed by atoms with van der Waals surface area (Å²) in [4.78, 5) is 0.245. The second-order valence-corrected chi connectivity index (χ2v) is 6.55. The normalized spacial score (nSPS) is 11.7. The van der Waals surface area contributed by atoms with E-state index in [1.54, 1.807) is 40.9 Å². The zero-order valence-corrected chi connectivity index (χ0v) is 12.4. The molecular formula is C14H14N4O2S. The third kappa shape index (κ3) is 2.59. The number of sulfonamides is 1. The van der Waals surface area contributed by atoms with E-state index >= 15 is 0 Å². The number of nitrogens with zero attached hydrogens (tertiary/aromatic N) is 3. The van der Waals surface area contributed by atoms with Crippen molar-refractivity contribution in [2.24, 2.45) is 0 Å². The largest absolute Gasteiger partial charge is 0.287 e. The summed E-state index contributed by atoms with van der Waals surface area (Å²) < 4.78 is 29.0. The van der Waals surface area contributed by atoms with Crippen LogP contribution in [0.5, 0.6) is 0 Å². The van der Waals surface area contributed by atoms with Gasteiger partial charge in [0.15, 0.2) is 5.65 Å². The van der Waals surface area contributed by atoms with Crippen molar-refractivity contribution in [2.45, 2.75) is 18.7 Å². The van der Waals surface area contributed by atoms with Crippen LogP contribution in [0.3, 0.4) is 0 Å². The Kier molecular flexibility index (Phi) is 3.13. The number of aryl methyl sites for hydroxylation is 2. The zero-order valence-electron chi connectivity index (χ0n) is 11.6. The van der Waals surface area contributed by atoms with Crippen LogP contribution in [0.25, 0.3) is 5.65 Å². The summed E-state index contributed by atoms with van der Waals surface area (Å²) in [6.45, 7) is 3.83. The van der Waals surface area contributed by atoms with E-state index < -0.39 is 10.0 Å². The lowest BCUT2D eigenvalue weighted by atomic mass is 10.1. The van der Waals surface area contributed by atoms with Crippen molar-refractivity contribution in [3.05, 3.63) is 54.0 Å². The molecule has 7 heteroatoms. The Morgan fingerprint density at radius 2 is 1.90 bits per heavy atom. The number of nitrogens with one attached hydrogen (secondary N) is 1. The Bertz CT molecular complexity index is 916. The van der Waals surface area contributed by atoms with Gasteiger partial charge in [-0.1, -0.05) is 6.07 Å². The summed E-state index contributed by atoms with van der Waals surface area (Å²) >= 11 is 0. The maximum absolute atomic E-state index is 12.4. The molecule has 3 aromatic rings. The van der Waals surface area contributed by atoms with E-state index in [9.17, 15) is 8.42 Å². The number of anilines is 1. The molecule has 1 N–H and O–H groups in total. The van der Waals surface area contributed by atoms with Crippen molar-refractivity contribution in [2.75, 3.05) is 4.72 Å². The van der Waals surface area contributed by atoms with Crippen LogP contribution in [0, 0.1) is 13.8 Å². The summed E-state index contributed by atoms with van der Waals surface area (Å²) in [7, 11) is -3.61. The van der Waals surface area contributed by atoms with Gasteiger partial charge >= 0.3 is 0 Å². The van der Waals surface area contributed by atoms with Crippen molar-refractivity contribution in [3.63, 3.8) is 0 Å². The lowest BCUT2D eigenvalue weighted by Gasteiger charge is -2.10. The minimum atomic E-state index is -3.61. The van der Waals surface area contributed by atoms with Crippen LogP contribution in [0.4, 0.5) is 5.69 Å². The van der Waals surface area contributed by atoms with Crippen LogP contribution in [-0.2, 0) is 10.0 Å². The molecule has 6 nitrogen and oxygen atoms in total. The van der Waals surface area contributed by atoms with Gasteiger partial charge in [-0.2, -0.15) is 0 Å². The van der Waals surface area contributed by atoms with Crippen molar-refractivity contribution in [1.82, 2.24) is 14.6 Å². The molecule has 0 aliphatic heterocycles. The monoisotopic (exact) mass is 302 g/mol. The van der Waals surface area contributed by atoms with Crippen LogP contribution in [0.15, 0.2) is 47.8 Å². The Morgan fingerprint density at radius 1 is 1.10 bits per heavy atom. The van der Waals surface area contributed by atoms with E-state index in [4.69, 9.17) is 0 Å². The predicted molar refractivity (Wildman–Crippen MR) is 79.7 cm³/mol. The summed E-state index contributed by atoms with van der Waals surface area (Å²) in [5.74, 6) is 0. The summed E-state index contributed by atoms with van der Waals surface area (Å²) in [6, 6.07) is 8.41. The molecule has 1 aromatic carbocycles. The molecule has 0 saturated carbocycles. The van der Waals surface area contributed by atoms with Gasteiger partial charge in [-0.3, -0.25) is 9.12 Å². The number of rotatable bonds is 3. The predicted octanol–water partition coefficient (Wildman–Crippen LogP) is 2.15. The van der Waals surface area contributed by atoms with Gasteiger partial charge in [0.25, 0.3) is 10.0 Å². The third-order valence-electron chi connectivity index (χ3n) is 3.33. The molecule has 2 heterocycles. The molecule has 0 atom stereocenters. The lowest BCUT2D eigenvalue weighted by molar-refractivity contribution is 0.601. The van der Waals surface area contributed by atoms with E-state index in [1.165, 1.54) is 6.33 Å². The Balaban J connectivity index is 1.96. The average molecular weight is 302 g/mol. The lowest BCUT2D eigenvalue weighted by Crippen LogP contribution is -2.13. The molecule has 0 bridgehead atoms. The van der Waals surface area contributed by atoms with Gasteiger partial charge in [-0.05, 0) is 49.2 Å². The highest BCUT2D eigenvalue weighted by Crippen LogP contribution is 2.19. The van der Waals surface area contributed by atoms with Crippen molar-refractivity contribution < 1.29 is 8.42 Å². The first-order chi connectivity index (χ1) is 9.95. The van der Waals surface area contributed by atoms with Gasteiger partial charge in [0, 0.05) is 6.20 Å². The van der Waals surface area contributed by atoms with E-state index in [2.05, 4.69) is 14.9 Å². The maximum atomic E-state index is 12.4. The highest BCUT2D eigenvalue weighted by Gasteiger charge is 2.15. The number of benzene rings is 1. The molecule has 3 rings (SSSR count). The second kappa shape index (κ2) is 4.85. The number of fused-ring (bicyclic) bond motifs is 1. The topological polar surface area (TPSA) is 76.4 Å². The Hall–Kier alpha value is -2.41. The van der Waals surface area contributed by atoms with Gasteiger partial charge in [0.05, 0.1) is 10.6 Å². The second-order valence-electron chi connectivity index (χ2n) is 4.87. The van der Waals surface area contributed by atoms with E-state index in [-0.39, 0.29) is 4.90 Å². The molecule has 2 aromatic heterocycles. The molecule has 0 unspecified atom stereocenters. The smallest absolute Gasteiger partial charge is 0.261 e. The van der Waals surface area contributed by atoms with Crippen LogP contribution in [0.2, 0.25) is 0 Å². The van der Waals surface area contributed by atoms with Gasteiger partial charge < -0.3 is 0 Å². The molecule has 0 radical (unpaired) electrons. The first-order valence-corrected chi connectivity index (χ1v) is 7.83. The van der Waals surface area contributed by atoms with Gasteiger partial charge in [0.1, 0.15) is 6.33 Å². The zero-order chi connectivity index (χ0) is 15.0. The minimum Gasteiger partial charge on any atom is -0.287 e. The SMILES string of the molecule is Cc1ccc(S(=O)(=O)Nc2ccc3nncn3c2)cc1C. The molecule has 0 aliphatic rings. The van der Waals surface area contributed by atoms with Gasteiger partial charge in [-0.25, -0.2) is 8.42 Å². The van der Waals surface area contributed by atoms with Crippen molar-refractivity contribution >= 4 is 21.4 Å². The highest BCUT2D eigenvalue weighted by molar-refractivity contribution is 7.92. The fraction of sp³-hybridized carbons (Fsp3) is 0.143. The fourth-order valence-electron chi connectivity index (χ4n) is 1.98. The first-order valence-electron chi connectivity index (χ1n) is 6.35. The van der Waals surface area contributed by atoms with E-state index in [0.29, 0.717) is 11.3 Å². The standard InChI is InChI=1S/C14H14N4O2S/c1-10-3-5-13(7-11(10)2)21(19,20)17-12-4-6-14-16-15-9-18(14)8-12/h3-9,17H,1-2H3. The number of aromatic nitrogens is 3. The molecule has 0 aliphatic carbocycles. The van der Waals surface area contributed by atoms with Gasteiger partial charge in [0.2, 0.25) is 0 Å². The maximum Gasteiger partial charge on any atom is 0.261 e. The van der Waals surface area contributed by atoms with Crippen LogP contribution < -0.4 is 4.72 Å². The number of hydrogen-bond acceptors (Lipinski definition) is 4. The van der Waals surface area contributed by atoms with Crippen LogP contribution in [0.1, 0.15) is 11.1 Å².